The van der Waals surface area contributed by atoms with Gasteiger partial charge in [0.1, 0.15) is 5.82 Å². The molecule has 2 aliphatic heterocycles. The fourth-order valence-corrected chi connectivity index (χ4v) is 4.82. The van der Waals surface area contributed by atoms with Gasteiger partial charge in [0, 0.05) is 45.5 Å². The lowest BCUT2D eigenvalue weighted by atomic mass is 10.2. The van der Waals surface area contributed by atoms with Gasteiger partial charge in [-0.1, -0.05) is 0 Å². The summed E-state index contributed by atoms with van der Waals surface area (Å²) in [5.41, 5.74) is 0. The van der Waals surface area contributed by atoms with Crippen LogP contribution in [0.4, 0.5) is 11.8 Å². The number of rotatable bonds is 6. The summed E-state index contributed by atoms with van der Waals surface area (Å²) in [6.45, 7) is 5.20. The molecule has 2 fully saturated rings. The Morgan fingerprint density at radius 3 is 2.92 bits per heavy atom. The van der Waals surface area contributed by atoms with E-state index in [-0.39, 0.29) is 17.5 Å². The molecule has 3 heterocycles. The molecule has 8 nitrogen and oxygen atoms in total. The molecule has 1 unspecified atom stereocenters. The molecule has 9 heteroatoms. The molecule has 0 bridgehead atoms. The number of nitrogens with one attached hydrogen (secondary N) is 1. The van der Waals surface area contributed by atoms with Crippen molar-refractivity contribution in [1.82, 2.24) is 14.9 Å². The highest BCUT2D eigenvalue weighted by Gasteiger charge is 2.31. The van der Waals surface area contributed by atoms with Crippen molar-refractivity contribution in [1.29, 1.82) is 0 Å². The van der Waals surface area contributed by atoms with Crippen LogP contribution in [-0.2, 0) is 14.6 Å². The van der Waals surface area contributed by atoms with Crippen molar-refractivity contribution in [3.63, 3.8) is 0 Å². The van der Waals surface area contributed by atoms with Gasteiger partial charge in [-0.15, -0.1) is 0 Å². The lowest BCUT2D eigenvalue weighted by molar-refractivity contribution is 0.0398. The summed E-state index contributed by atoms with van der Waals surface area (Å²) in [5, 5.41) is 3.24. The molecule has 0 saturated carbocycles. The van der Waals surface area contributed by atoms with Crippen LogP contribution in [0, 0.1) is 0 Å². The maximum atomic E-state index is 11.7. The fourth-order valence-electron chi connectivity index (χ4n) is 3.05. The maximum absolute atomic E-state index is 11.7. The Labute approximate surface area is 143 Å². The standard InChI is InChI=1S/C15H25N5O3S/c1-19(13-3-11-24(21,22)12-13)14-2-4-16-15(18-14)17-5-6-20-7-9-23-10-8-20/h2,4,13H,3,5-12H2,1H3,(H,16,17,18). The van der Waals surface area contributed by atoms with Crippen LogP contribution in [0.1, 0.15) is 6.42 Å². The van der Waals surface area contributed by atoms with Crippen LogP contribution in [0.2, 0.25) is 0 Å². The van der Waals surface area contributed by atoms with E-state index in [9.17, 15) is 8.42 Å². The number of aromatic nitrogens is 2. The minimum absolute atomic E-state index is 0.00824. The van der Waals surface area contributed by atoms with Crippen LogP contribution < -0.4 is 10.2 Å². The molecule has 3 rings (SSSR count). The van der Waals surface area contributed by atoms with Gasteiger partial charge in [0.05, 0.1) is 24.7 Å². The smallest absolute Gasteiger partial charge is 0.224 e. The topological polar surface area (TPSA) is 87.7 Å². The minimum atomic E-state index is -2.90. The third-order valence-corrected chi connectivity index (χ3v) is 6.32. The molecule has 0 aromatic carbocycles. The van der Waals surface area contributed by atoms with E-state index >= 15 is 0 Å². The fraction of sp³-hybridized carbons (Fsp3) is 0.733. The number of morpholine rings is 1. The summed E-state index contributed by atoms with van der Waals surface area (Å²) in [7, 11) is -1.01. The Bertz CT molecular complexity index is 648. The summed E-state index contributed by atoms with van der Waals surface area (Å²) < 4.78 is 28.6. The van der Waals surface area contributed by atoms with Crippen molar-refractivity contribution >= 4 is 21.6 Å². The number of hydrogen-bond acceptors (Lipinski definition) is 8. The van der Waals surface area contributed by atoms with Gasteiger partial charge in [-0.25, -0.2) is 13.4 Å². The summed E-state index contributed by atoms with van der Waals surface area (Å²) >= 11 is 0. The third-order valence-electron chi connectivity index (χ3n) is 4.57. The van der Waals surface area contributed by atoms with Crippen LogP contribution in [0.3, 0.4) is 0 Å². The first-order valence-corrected chi connectivity index (χ1v) is 10.2. The van der Waals surface area contributed by atoms with Gasteiger partial charge < -0.3 is 15.0 Å². The number of nitrogens with zero attached hydrogens (tertiary/aromatic N) is 4. The molecule has 1 N–H and O–H groups in total. The Hall–Kier alpha value is -1.45. The van der Waals surface area contributed by atoms with Gasteiger partial charge in [-0.2, -0.15) is 4.98 Å². The van der Waals surface area contributed by atoms with Crippen molar-refractivity contribution in [2.75, 3.05) is 68.2 Å². The maximum Gasteiger partial charge on any atom is 0.224 e. The number of anilines is 2. The first kappa shape index (κ1) is 17.4. The molecule has 1 aromatic heterocycles. The Kier molecular flexibility index (Phi) is 5.52. The molecule has 0 radical (unpaired) electrons. The lowest BCUT2D eigenvalue weighted by Gasteiger charge is -2.26. The molecule has 2 saturated heterocycles. The largest absolute Gasteiger partial charge is 0.379 e. The van der Waals surface area contributed by atoms with Crippen LogP contribution in [-0.4, -0.2) is 87.3 Å². The van der Waals surface area contributed by atoms with E-state index < -0.39 is 9.84 Å². The van der Waals surface area contributed by atoms with E-state index in [1.807, 2.05) is 18.0 Å². The van der Waals surface area contributed by atoms with Crippen LogP contribution >= 0.6 is 0 Å². The molecule has 0 spiro atoms. The lowest BCUT2D eigenvalue weighted by Crippen LogP contribution is -2.39. The monoisotopic (exact) mass is 355 g/mol. The van der Waals surface area contributed by atoms with E-state index in [1.165, 1.54) is 0 Å². The van der Waals surface area contributed by atoms with E-state index in [2.05, 4.69) is 20.2 Å². The Morgan fingerprint density at radius 2 is 2.21 bits per heavy atom. The first-order valence-electron chi connectivity index (χ1n) is 8.34. The quantitative estimate of drug-likeness (QED) is 0.753. The number of sulfone groups is 1. The van der Waals surface area contributed by atoms with E-state index in [0.717, 1.165) is 45.2 Å². The predicted octanol–water partition coefficient (Wildman–Crippen LogP) is -0.156. The first-order chi connectivity index (χ1) is 11.5. The summed E-state index contributed by atoms with van der Waals surface area (Å²) in [6.07, 6.45) is 2.36. The van der Waals surface area contributed by atoms with Gasteiger partial charge in [0.25, 0.3) is 0 Å². The zero-order valence-electron chi connectivity index (χ0n) is 14.0. The molecule has 134 valence electrons. The molecule has 2 aliphatic rings. The van der Waals surface area contributed by atoms with Gasteiger partial charge in [0.15, 0.2) is 9.84 Å². The normalized spacial score (nSPS) is 24.0. The second-order valence-corrected chi connectivity index (χ2v) is 8.52. The Morgan fingerprint density at radius 1 is 1.42 bits per heavy atom. The van der Waals surface area contributed by atoms with Crippen molar-refractivity contribution in [2.45, 2.75) is 12.5 Å². The minimum Gasteiger partial charge on any atom is -0.379 e. The predicted molar refractivity (Wildman–Crippen MR) is 93.2 cm³/mol. The zero-order chi connectivity index (χ0) is 17.0. The number of ether oxygens (including phenoxy) is 1. The molecular formula is C15H25N5O3S. The van der Waals surface area contributed by atoms with E-state index in [4.69, 9.17) is 4.74 Å². The van der Waals surface area contributed by atoms with Crippen molar-refractivity contribution in [3.05, 3.63) is 12.3 Å². The zero-order valence-corrected chi connectivity index (χ0v) is 14.8. The molecule has 24 heavy (non-hydrogen) atoms. The average Bonchev–Trinajstić information content (AvgIpc) is 2.95. The SMILES string of the molecule is CN(c1ccnc(NCCN2CCOCC2)n1)C1CCS(=O)(=O)C1. The van der Waals surface area contributed by atoms with Crippen LogP contribution in [0.5, 0.6) is 0 Å². The molecule has 1 aromatic rings. The van der Waals surface area contributed by atoms with E-state index in [1.54, 1.807) is 6.20 Å². The highest BCUT2D eigenvalue weighted by atomic mass is 32.2. The average molecular weight is 355 g/mol. The van der Waals surface area contributed by atoms with Gasteiger partial charge in [-0.3, -0.25) is 4.90 Å². The highest BCUT2D eigenvalue weighted by molar-refractivity contribution is 7.91. The molecule has 1 atom stereocenters. The van der Waals surface area contributed by atoms with Crippen molar-refractivity contribution < 1.29 is 13.2 Å². The van der Waals surface area contributed by atoms with Gasteiger partial charge in [0.2, 0.25) is 5.95 Å². The Balaban J connectivity index is 1.53. The summed E-state index contributed by atoms with van der Waals surface area (Å²) in [6, 6.07) is 1.81. The van der Waals surface area contributed by atoms with Gasteiger partial charge in [-0.05, 0) is 12.5 Å². The molecular weight excluding hydrogens is 330 g/mol. The summed E-state index contributed by atoms with van der Waals surface area (Å²) in [5.74, 6) is 1.79. The van der Waals surface area contributed by atoms with Crippen LogP contribution in [0.25, 0.3) is 0 Å². The molecule has 0 amide bonds. The second-order valence-electron chi connectivity index (χ2n) is 6.29. The number of hydrogen-bond donors (Lipinski definition) is 1. The highest BCUT2D eigenvalue weighted by Crippen LogP contribution is 2.21. The van der Waals surface area contributed by atoms with Crippen molar-refractivity contribution in [2.24, 2.45) is 0 Å². The third kappa shape index (κ3) is 4.55. The van der Waals surface area contributed by atoms with Crippen LogP contribution in [0.15, 0.2) is 12.3 Å². The molecule has 0 aliphatic carbocycles. The van der Waals surface area contributed by atoms with Crippen molar-refractivity contribution in [3.8, 4) is 0 Å². The van der Waals surface area contributed by atoms with E-state index in [0.29, 0.717) is 12.4 Å². The van der Waals surface area contributed by atoms with Gasteiger partial charge >= 0.3 is 0 Å². The summed E-state index contributed by atoms with van der Waals surface area (Å²) in [4.78, 5) is 13.0. The second kappa shape index (κ2) is 7.62.